The van der Waals surface area contributed by atoms with Crippen LogP contribution in [0.3, 0.4) is 0 Å². The molecule has 1 aromatic rings. The summed E-state index contributed by atoms with van der Waals surface area (Å²) in [6.07, 6.45) is 8.67. The fourth-order valence-electron chi connectivity index (χ4n) is 3.64. The Balaban J connectivity index is 1.73. The maximum atomic E-state index is 12.6. The third-order valence-electron chi connectivity index (χ3n) is 5.08. The van der Waals surface area contributed by atoms with Crippen LogP contribution in [0, 0.1) is 5.41 Å². The van der Waals surface area contributed by atoms with Gasteiger partial charge < -0.3 is 5.73 Å². The van der Waals surface area contributed by atoms with Crippen LogP contribution in [-0.4, -0.2) is 30.8 Å². The molecule has 1 saturated heterocycles. The molecule has 0 aromatic carbocycles. The van der Waals surface area contributed by atoms with Gasteiger partial charge in [0.15, 0.2) is 5.03 Å². The third-order valence-corrected chi connectivity index (χ3v) is 6.90. The van der Waals surface area contributed by atoms with Crippen LogP contribution in [0.2, 0.25) is 0 Å². The normalized spacial score (nSPS) is 22.7. The standard InChI is InChI=1S/C15H23N3O2S/c16-11-13-3-4-14(17-12-13)21(19,20)18-9-7-15(8-10-18)5-1-2-6-15/h3-4,12H,1-2,5-11,16H2. The van der Waals surface area contributed by atoms with Crippen molar-refractivity contribution in [2.24, 2.45) is 11.1 Å². The van der Waals surface area contributed by atoms with Crippen LogP contribution in [0.4, 0.5) is 0 Å². The highest BCUT2D eigenvalue weighted by atomic mass is 32.2. The molecular formula is C15H23N3O2S. The Kier molecular flexibility index (Phi) is 4.03. The highest BCUT2D eigenvalue weighted by molar-refractivity contribution is 7.89. The minimum Gasteiger partial charge on any atom is -0.326 e. The summed E-state index contributed by atoms with van der Waals surface area (Å²) in [5, 5.41) is 0.141. The molecule has 0 radical (unpaired) electrons. The monoisotopic (exact) mass is 309 g/mol. The van der Waals surface area contributed by atoms with E-state index in [1.807, 2.05) is 0 Å². The number of hydrogen-bond donors (Lipinski definition) is 1. The van der Waals surface area contributed by atoms with Gasteiger partial charge in [-0.3, -0.25) is 0 Å². The van der Waals surface area contributed by atoms with E-state index in [0.29, 0.717) is 25.0 Å². The van der Waals surface area contributed by atoms with E-state index in [0.717, 1.165) is 18.4 Å². The summed E-state index contributed by atoms with van der Waals surface area (Å²) < 4.78 is 26.8. The molecule has 0 atom stereocenters. The fourth-order valence-corrected chi connectivity index (χ4v) is 5.00. The second kappa shape index (κ2) is 5.66. The molecule has 1 aromatic heterocycles. The molecule has 1 aliphatic carbocycles. The number of pyridine rings is 1. The zero-order valence-electron chi connectivity index (χ0n) is 12.3. The highest BCUT2D eigenvalue weighted by Crippen LogP contribution is 2.46. The number of rotatable bonds is 3. The van der Waals surface area contributed by atoms with Gasteiger partial charge in [0.2, 0.25) is 0 Å². The second-order valence-corrected chi connectivity index (χ2v) is 8.20. The predicted molar refractivity (Wildman–Crippen MR) is 81.0 cm³/mol. The van der Waals surface area contributed by atoms with Gasteiger partial charge in [0.1, 0.15) is 0 Å². The molecule has 0 unspecified atom stereocenters. The molecule has 3 rings (SSSR count). The molecule has 2 aliphatic rings. The van der Waals surface area contributed by atoms with E-state index in [1.54, 1.807) is 22.6 Å². The van der Waals surface area contributed by atoms with Gasteiger partial charge in [-0.15, -0.1) is 0 Å². The minimum absolute atomic E-state index is 0.141. The molecule has 2 N–H and O–H groups in total. The summed E-state index contributed by atoms with van der Waals surface area (Å²) in [6, 6.07) is 3.31. The van der Waals surface area contributed by atoms with Gasteiger partial charge in [0.25, 0.3) is 10.0 Å². The molecule has 21 heavy (non-hydrogen) atoms. The Morgan fingerprint density at radius 3 is 2.33 bits per heavy atom. The van der Waals surface area contributed by atoms with Crippen LogP contribution in [0.25, 0.3) is 0 Å². The highest BCUT2D eigenvalue weighted by Gasteiger charge is 2.40. The lowest BCUT2D eigenvalue weighted by atomic mass is 9.78. The summed E-state index contributed by atoms with van der Waals surface area (Å²) >= 11 is 0. The predicted octanol–water partition coefficient (Wildman–Crippen LogP) is 1.89. The Bertz CT molecular complexity index is 582. The Morgan fingerprint density at radius 2 is 1.81 bits per heavy atom. The van der Waals surface area contributed by atoms with E-state index >= 15 is 0 Å². The molecule has 0 bridgehead atoms. The number of hydrogen-bond acceptors (Lipinski definition) is 4. The molecule has 5 nitrogen and oxygen atoms in total. The van der Waals surface area contributed by atoms with Gasteiger partial charge in [-0.25, -0.2) is 13.4 Å². The molecule has 116 valence electrons. The zero-order valence-corrected chi connectivity index (χ0v) is 13.1. The van der Waals surface area contributed by atoms with E-state index in [1.165, 1.54) is 25.7 Å². The topological polar surface area (TPSA) is 76.3 Å². The zero-order chi connectivity index (χ0) is 14.9. The van der Waals surface area contributed by atoms with Crippen LogP contribution >= 0.6 is 0 Å². The molecule has 0 amide bonds. The van der Waals surface area contributed by atoms with Crippen molar-refractivity contribution in [2.45, 2.75) is 50.1 Å². The van der Waals surface area contributed by atoms with Crippen LogP contribution in [0.15, 0.2) is 23.4 Å². The van der Waals surface area contributed by atoms with Gasteiger partial charge >= 0.3 is 0 Å². The summed E-state index contributed by atoms with van der Waals surface area (Å²) in [7, 11) is -3.45. The van der Waals surface area contributed by atoms with Gasteiger partial charge in [-0.05, 0) is 42.7 Å². The maximum absolute atomic E-state index is 12.6. The van der Waals surface area contributed by atoms with Crippen molar-refractivity contribution in [2.75, 3.05) is 13.1 Å². The van der Waals surface area contributed by atoms with Gasteiger partial charge in [0.05, 0.1) is 0 Å². The third kappa shape index (κ3) is 2.84. The molecule has 1 aliphatic heterocycles. The fraction of sp³-hybridized carbons (Fsp3) is 0.667. The molecule has 2 heterocycles. The van der Waals surface area contributed by atoms with Crippen molar-refractivity contribution >= 4 is 10.0 Å². The minimum atomic E-state index is -3.45. The molecule has 1 spiro atoms. The quantitative estimate of drug-likeness (QED) is 0.925. The summed E-state index contributed by atoms with van der Waals surface area (Å²) in [5.41, 5.74) is 6.78. The smallest absolute Gasteiger partial charge is 0.260 e. The number of aromatic nitrogens is 1. The maximum Gasteiger partial charge on any atom is 0.260 e. The van der Waals surface area contributed by atoms with Crippen molar-refractivity contribution in [3.63, 3.8) is 0 Å². The van der Waals surface area contributed by atoms with Crippen LogP contribution in [-0.2, 0) is 16.6 Å². The van der Waals surface area contributed by atoms with Gasteiger partial charge in [-0.2, -0.15) is 4.31 Å². The van der Waals surface area contributed by atoms with E-state index in [-0.39, 0.29) is 5.03 Å². The Morgan fingerprint density at radius 1 is 1.14 bits per heavy atom. The van der Waals surface area contributed by atoms with Crippen LogP contribution < -0.4 is 5.73 Å². The van der Waals surface area contributed by atoms with E-state index in [2.05, 4.69) is 4.98 Å². The lowest BCUT2D eigenvalue weighted by molar-refractivity contribution is 0.160. The summed E-state index contributed by atoms with van der Waals surface area (Å²) in [4.78, 5) is 4.08. The average molecular weight is 309 g/mol. The molecular weight excluding hydrogens is 286 g/mol. The number of sulfonamides is 1. The second-order valence-electron chi connectivity index (χ2n) is 6.32. The summed E-state index contributed by atoms with van der Waals surface area (Å²) in [5.74, 6) is 0. The van der Waals surface area contributed by atoms with Crippen molar-refractivity contribution in [1.82, 2.24) is 9.29 Å². The molecule has 6 heteroatoms. The first-order valence-electron chi connectivity index (χ1n) is 7.71. The van der Waals surface area contributed by atoms with Crippen molar-refractivity contribution in [1.29, 1.82) is 0 Å². The molecule has 1 saturated carbocycles. The summed E-state index contributed by atoms with van der Waals surface area (Å²) in [6.45, 7) is 1.63. The van der Waals surface area contributed by atoms with Crippen molar-refractivity contribution < 1.29 is 8.42 Å². The van der Waals surface area contributed by atoms with E-state index in [9.17, 15) is 8.42 Å². The Labute approximate surface area is 126 Å². The molecule has 2 fully saturated rings. The van der Waals surface area contributed by atoms with Crippen LogP contribution in [0.1, 0.15) is 44.1 Å². The Hall–Kier alpha value is -0.980. The van der Waals surface area contributed by atoms with Crippen molar-refractivity contribution in [3.05, 3.63) is 23.9 Å². The average Bonchev–Trinajstić information content (AvgIpc) is 2.96. The SMILES string of the molecule is NCc1ccc(S(=O)(=O)N2CCC3(CCCC3)CC2)nc1. The first-order chi connectivity index (χ1) is 10.1. The van der Waals surface area contributed by atoms with Crippen LogP contribution in [0.5, 0.6) is 0 Å². The lowest BCUT2D eigenvalue weighted by Crippen LogP contribution is -2.42. The largest absolute Gasteiger partial charge is 0.326 e. The van der Waals surface area contributed by atoms with E-state index < -0.39 is 10.0 Å². The van der Waals surface area contributed by atoms with Gasteiger partial charge in [0, 0.05) is 25.8 Å². The first kappa shape index (κ1) is 14.9. The number of nitrogens with two attached hydrogens (primary N) is 1. The number of piperidine rings is 1. The van der Waals surface area contributed by atoms with E-state index in [4.69, 9.17) is 5.73 Å². The first-order valence-corrected chi connectivity index (χ1v) is 9.15. The lowest BCUT2D eigenvalue weighted by Gasteiger charge is -2.38. The number of nitrogens with zero attached hydrogens (tertiary/aromatic N) is 2. The van der Waals surface area contributed by atoms with Crippen molar-refractivity contribution in [3.8, 4) is 0 Å². The van der Waals surface area contributed by atoms with Gasteiger partial charge in [-0.1, -0.05) is 18.9 Å².